The third-order valence-electron chi connectivity index (χ3n) is 2.23. The maximum atomic E-state index is 11.6. The molecule has 5 nitrogen and oxygen atoms in total. The van der Waals surface area contributed by atoms with Crippen LogP contribution in [-0.4, -0.2) is 23.7 Å². The molecule has 102 valence electrons. The van der Waals surface area contributed by atoms with E-state index in [1.165, 1.54) is 12.1 Å². The number of rotatable bonds is 5. The predicted molar refractivity (Wildman–Crippen MR) is 77.6 cm³/mol. The van der Waals surface area contributed by atoms with Gasteiger partial charge in [0.2, 0.25) is 0 Å². The molecule has 1 aromatic rings. The summed E-state index contributed by atoms with van der Waals surface area (Å²) in [5, 5.41) is 14.2. The molecule has 0 unspecified atom stereocenters. The van der Waals surface area contributed by atoms with Gasteiger partial charge in [0.15, 0.2) is 0 Å². The van der Waals surface area contributed by atoms with Gasteiger partial charge in [-0.05, 0) is 31.5 Å². The second kappa shape index (κ2) is 7.58. The number of urea groups is 1. The Morgan fingerprint density at radius 1 is 1.37 bits per heavy atom. The van der Waals surface area contributed by atoms with Crippen LogP contribution in [0, 0.1) is 0 Å². The lowest BCUT2D eigenvalue weighted by Gasteiger charge is -2.08. The number of allylic oxidation sites excluding steroid dienone is 1. The maximum absolute atomic E-state index is 11.6. The van der Waals surface area contributed by atoms with E-state index in [9.17, 15) is 9.59 Å². The second-order valence-corrected chi connectivity index (χ2v) is 4.69. The number of carboxylic acids is 1. The van der Waals surface area contributed by atoms with E-state index in [4.69, 9.17) is 5.11 Å². The van der Waals surface area contributed by atoms with Gasteiger partial charge in [0.05, 0.1) is 5.56 Å². The lowest BCUT2D eigenvalue weighted by Crippen LogP contribution is -2.29. The van der Waals surface area contributed by atoms with Crippen molar-refractivity contribution in [2.45, 2.75) is 13.3 Å². The molecule has 0 aromatic heterocycles. The van der Waals surface area contributed by atoms with Gasteiger partial charge in [0.1, 0.15) is 0 Å². The van der Waals surface area contributed by atoms with E-state index < -0.39 is 5.97 Å². The fraction of sp³-hybridized carbons (Fsp3) is 0.231. The minimum atomic E-state index is -1.04. The average Bonchev–Trinajstić information content (AvgIpc) is 2.34. The van der Waals surface area contributed by atoms with Gasteiger partial charge in [0, 0.05) is 16.7 Å². The Morgan fingerprint density at radius 2 is 2.11 bits per heavy atom. The van der Waals surface area contributed by atoms with Gasteiger partial charge in [-0.3, -0.25) is 0 Å². The van der Waals surface area contributed by atoms with E-state index in [1.54, 1.807) is 6.07 Å². The average molecular weight is 327 g/mol. The third-order valence-corrected chi connectivity index (χ3v) is 2.69. The molecule has 1 rings (SSSR count). The van der Waals surface area contributed by atoms with Crippen LogP contribution in [0.15, 0.2) is 34.8 Å². The summed E-state index contributed by atoms with van der Waals surface area (Å²) in [7, 11) is 0. The van der Waals surface area contributed by atoms with Crippen molar-refractivity contribution in [3.05, 3.63) is 40.4 Å². The zero-order chi connectivity index (χ0) is 14.3. The first kappa shape index (κ1) is 15.2. The summed E-state index contributed by atoms with van der Waals surface area (Å²) in [4.78, 5) is 22.4. The number of carbonyl (C=O) groups excluding carboxylic acids is 1. The van der Waals surface area contributed by atoms with Crippen LogP contribution < -0.4 is 10.6 Å². The molecule has 0 fully saturated rings. The Bertz CT molecular complexity index is 501. The molecular weight excluding hydrogens is 312 g/mol. The minimum absolute atomic E-state index is 0.110. The molecule has 0 aliphatic heterocycles. The fourth-order valence-corrected chi connectivity index (χ4v) is 1.89. The molecule has 0 saturated heterocycles. The number of hydrogen-bond donors (Lipinski definition) is 3. The molecular formula is C13H15BrN2O3. The summed E-state index contributed by atoms with van der Waals surface area (Å²) in [6, 6.07) is 4.15. The molecule has 0 heterocycles. The molecule has 0 aliphatic rings. The molecule has 3 N–H and O–H groups in total. The van der Waals surface area contributed by atoms with Gasteiger partial charge in [-0.25, -0.2) is 9.59 Å². The largest absolute Gasteiger partial charge is 0.478 e. The van der Waals surface area contributed by atoms with Crippen molar-refractivity contribution < 1.29 is 14.7 Å². The SMILES string of the molecule is C/C=C/CCNC(=O)Nc1cc(Br)cc(C(=O)O)c1. The molecule has 0 aliphatic carbocycles. The Balaban J connectivity index is 2.61. The van der Waals surface area contributed by atoms with Crippen molar-refractivity contribution in [2.75, 3.05) is 11.9 Å². The van der Waals surface area contributed by atoms with E-state index in [2.05, 4.69) is 26.6 Å². The normalized spacial score (nSPS) is 10.4. The highest BCUT2D eigenvalue weighted by atomic mass is 79.9. The van der Waals surface area contributed by atoms with Gasteiger partial charge in [-0.15, -0.1) is 0 Å². The Morgan fingerprint density at radius 3 is 2.74 bits per heavy atom. The number of nitrogens with one attached hydrogen (secondary N) is 2. The van der Waals surface area contributed by atoms with Crippen LogP contribution in [0.25, 0.3) is 0 Å². The zero-order valence-electron chi connectivity index (χ0n) is 10.4. The highest BCUT2D eigenvalue weighted by Crippen LogP contribution is 2.19. The summed E-state index contributed by atoms with van der Waals surface area (Å²) in [5.41, 5.74) is 0.536. The number of carboxylic acid groups (broad SMARTS) is 1. The molecule has 0 spiro atoms. The van der Waals surface area contributed by atoms with Gasteiger partial charge in [0.25, 0.3) is 0 Å². The van der Waals surface area contributed by atoms with Gasteiger partial charge < -0.3 is 15.7 Å². The van der Waals surface area contributed by atoms with Crippen molar-refractivity contribution in [1.82, 2.24) is 5.32 Å². The van der Waals surface area contributed by atoms with Crippen LogP contribution in [0.5, 0.6) is 0 Å². The van der Waals surface area contributed by atoms with E-state index in [-0.39, 0.29) is 11.6 Å². The number of carbonyl (C=O) groups is 2. The van der Waals surface area contributed by atoms with E-state index in [1.807, 2.05) is 19.1 Å². The number of amides is 2. The summed E-state index contributed by atoms with van der Waals surface area (Å²) in [6.45, 7) is 2.44. The van der Waals surface area contributed by atoms with Crippen LogP contribution in [-0.2, 0) is 0 Å². The highest BCUT2D eigenvalue weighted by Gasteiger charge is 2.07. The fourth-order valence-electron chi connectivity index (χ4n) is 1.40. The summed E-state index contributed by atoms with van der Waals surface area (Å²) in [6.07, 6.45) is 4.61. The molecule has 0 atom stereocenters. The smallest absolute Gasteiger partial charge is 0.335 e. The summed E-state index contributed by atoms with van der Waals surface area (Å²) in [5.74, 6) is -1.04. The van der Waals surface area contributed by atoms with Crippen molar-refractivity contribution in [1.29, 1.82) is 0 Å². The van der Waals surface area contributed by atoms with Crippen LogP contribution in [0.1, 0.15) is 23.7 Å². The number of hydrogen-bond acceptors (Lipinski definition) is 2. The summed E-state index contributed by atoms with van der Waals surface area (Å²) < 4.78 is 0.594. The van der Waals surface area contributed by atoms with Gasteiger partial charge >= 0.3 is 12.0 Å². The number of aromatic carboxylic acids is 1. The van der Waals surface area contributed by atoms with E-state index in [0.717, 1.165) is 6.42 Å². The van der Waals surface area contributed by atoms with Gasteiger partial charge in [-0.1, -0.05) is 28.1 Å². The number of anilines is 1. The Kier molecular flexibility index (Phi) is 6.08. The predicted octanol–water partition coefficient (Wildman–Crippen LogP) is 3.24. The van der Waals surface area contributed by atoms with Crippen LogP contribution >= 0.6 is 15.9 Å². The molecule has 0 saturated carbocycles. The first-order chi connectivity index (χ1) is 9.02. The zero-order valence-corrected chi connectivity index (χ0v) is 12.0. The first-order valence-corrected chi connectivity index (χ1v) is 6.52. The minimum Gasteiger partial charge on any atom is -0.478 e. The lowest BCUT2D eigenvalue weighted by atomic mass is 10.2. The van der Waals surface area contributed by atoms with Crippen molar-refractivity contribution in [3.8, 4) is 0 Å². The van der Waals surface area contributed by atoms with Crippen LogP contribution in [0.4, 0.5) is 10.5 Å². The van der Waals surface area contributed by atoms with E-state index >= 15 is 0 Å². The Labute approximate surface area is 119 Å². The standard InChI is InChI=1S/C13H15BrN2O3/c1-2-3-4-5-15-13(19)16-11-7-9(12(17)18)6-10(14)8-11/h2-3,6-8H,4-5H2,1H3,(H,17,18)(H2,15,16,19)/b3-2+. The molecule has 1 aromatic carbocycles. The van der Waals surface area contributed by atoms with E-state index in [0.29, 0.717) is 16.7 Å². The van der Waals surface area contributed by atoms with Crippen LogP contribution in [0.3, 0.4) is 0 Å². The second-order valence-electron chi connectivity index (χ2n) is 3.77. The highest BCUT2D eigenvalue weighted by molar-refractivity contribution is 9.10. The van der Waals surface area contributed by atoms with Gasteiger partial charge in [-0.2, -0.15) is 0 Å². The van der Waals surface area contributed by atoms with Crippen molar-refractivity contribution in [2.24, 2.45) is 0 Å². The third kappa shape index (κ3) is 5.56. The number of benzene rings is 1. The first-order valence-electron chi connectivity index (χ1n) is 5.73. The maximum Gasteiger partial charge on any atom is 0.335 e. The monoisotopic (exact) mass is 326 g/mol. The van der Waals surface area contributed by atoms with Crippen molar-refractivity contribution in [3.63, 3.8) is 0 Å². The molecule has 2 amide bonds. The quantitative estimate of drug-likeness (QED) is 0.574. The molecule has 6 heteroatoms. The lowest BCUT2D eigenvalue weighted by molar-refractivity contribution is 0.0697. The summed E-state index contributed by atoms with van der Waals surface area (Å²) >= 11 is 3.20. The van der Waals surface area contributed by atoms with Crippen molar-refractivity contribution >= 4 is 33.6 Å². The van der Waals surface area contributed by atoms with Crippen LogP contribution in [0.2, 0.25) is 0 Å². The molecule has 19 heavy (non-hydrogen) atoms. The number of halogens is 1. The Hall–Kier alpha value is -1.82. The topological polar surface area (TPSA) is 78.4 Å². The molecule has 0 radical (unpaired) electrons. The molecule has 0 bridgehead atoms.